The number of oxazole rings is 1. The van der Waals surface area contributed by atoms with Crippen molar-refractivity contribution in [2.75, 3.05) is 0 Å². The highest BCUT2D eigenvalue weighted by Crippen LogP contribution is 2.24. The second kappa shape index (κ2) is 2.76. The number of benzene rings is 1. The third-order valence-electron chi connectivity index (χ3n) is 2.02. The van der Waals surface area contributed by atoms with Gasteiger partial charge < -0.3 is 9.52 Å². The summed E-state index contributed by atoms with van der Waals surface area (Å²) in [5.41, 5.74) is 2.45. The van der Waals surface area contributed by atoms with Crippen LogP contribution in [0.5, 0.6) is 5.75 Å². The molecule has 68 valence electrons. The predicted octanol–water partition coefficient (Wildman–Crippen LogP) is 2.40. The van der Waals surface area contributed by atoms with Crippen molar-refractivity contribution in [2.24, 2.45) is 0 Å². The molecule has 2 aromatic rings. The summed E-state index contributed by atoms with van der Waals surface area (Å²) in [5, 5.41) is 9.31. The molecule has 0 aliphatic rings. The third kappa shape index (κ3) is 1.26. The first-order valence-corrected chi connectivity index (χ1v) is 4.29. The molecule has 0 unspecified atom stereocenters. The number of nitrogens with zero attached hydrogens (tertiary/aromatic N) is 1. The number of phenols is 1. The summed E-state index contributed by atoms with van der Waals surface area (Å²) >= 11 is 0. The van der Waals surface area contributed by atoms with Crippen molar-refractivity contribution in [3.8, 4) is 5.75 Å². The van der Waals surface area contributed by atoms with E-state index in [-0.39, 0.29) is 5.75 Å². The van der Waals surface area contributed by atoms with Crippen LogP contribution in [0.4, 0.5) is 0 Å². The van der Waals surface area contributed by atoms with Crippen LogP contribution in [0.3, 0.4) is 0 Å². The van der Waals surface area contributed by atoms with Crippen LogP contribution < -0.4 is 0 Å². The van der Waals surface area contributed by atoms with Gasteiger partial charge in [-0.25, -0.2) is 4.98 Å². The molecule has 1 aromatic heterocycles. The van der Waals surface area contributed by atoms with Gasteiger partial charge in [-0.2, -0.15) is 0 Å². The normalized spacial score (nSPS) is 10.9. The highest BCUT2D eigenvalue weighted by Gasteiger charge is 2.07. The summed E-state index contributed by atoms with van der Waals surface area (Å²) in [5.74, 6) is 0.938. The first-order valence-electron chi connectivity index (χ1n) is 4.29. The van der Waals surface area contributed by atoms with Crippen molar-refractivity contribution in [2.45, 2.75) is 20.3 Å². The molecule has 0 saturated heterocycles. The average molecular weight is 177 g/mol. The fraction of sp³-hybridized carbons (Fsp3) is 0.300. The molecule has 0 saturated carbocycles. The van der Waals surface area contributed by atoms with Crippen LogP contribution in [-0.4, -0.2) is 10.1 Å². The molecule has 0 bridgehead atoms. The second-order valence-electron chi connectivity index (χ2n) is 3.07. The van der Waals surface area contributed by atoms with E-state index >= 15 is 0 Å². The predicted molar refractivity (Wildman–Crippen MR) is 49.8 cm³/mol. The van der Waals surface area contributed by atoms with Gasteiger partial charge in [0.2, 0.25) is 0 Å². The van der Waals surface area contributed by atoms with Crippen LogP contribution in [0.1, 0.15) is 18.4 Å². The van der Waals surface area contributed by atoms with Gasteiger partial charge in [0.05, 0.1) is 0 Å². The van der Waals surface area contributed by atoms with Gasteiger partial charge in [-0.1, -0.05) is 6.92 Å². The van der Waals surface area contributed by atoms with Crippen LogP contribution in [0.25, 0.3) is 11.1 Å². The fourth-order valence-electron chi connectivity index (χ4n) is 1.38. The van der Waals surface area contributed by atoms with Gasteiger partial charge in [0, 0.05) is 12.5 Å². The van der Waals surface area contributed by atoms with Crippen LogP contribution >= 0.6 is 0 Å². The molecule has 0 amide bonds. The summed E-state index contributed by atoms with van der Waals surface area (Å²) in [7, 11) is 0. The Morgan fingerprint density at radius 2 is 2.23 bits per heavy atom. The molecule has 0 fully saturated rings. The third-order valence-corrected chi connectivity index (χ3v) is 2.02. The molecule has 3 heteroatoms. The summed E-state index contributed by atoms with van der Waals surface area (Å²) in [6.07, 6.45) is 0.773. The fourth-order valence-corrected chi connectivity index (χ4v) is 1.38. The number of phenolic OH excluding ortho intramolecular Hbond substituents is 1. The van der Waals surface area contributed by atoms with Crippen molar-refractivity contribution in [1.29, 1.82) is 0 Å². The molecule has 0 atom stereocenters. The summed E-state index contributed by atoms with van der Waals surface area (Å²) < 4.78 is 5.41. The van der Waals surface area contributed by atoms with Gasteiger partial charge in [-0.3, -0.25) is 0 Å². The van der Waals surface area contributed by atoms with E-state index in [0.717, 1.165) is 17.5 Å². The van der Waals surface area contributed by atoms with Crippen molar-refractivity contribution < 1.29 is 9.52 Å². The molecule has 1 N–H and O–H groups in total. The Labute approximate surface area is 76.0 Å². The molecule has 0 aliphatic carbocycles. The van der Waals surface area contributed by atoms with Gasteiger partial charge >= 0.3 is 0 Å². The largest absolute Gasteiger partial charge is 0.508 e. The van der Waals surface area contributed by atoms with E-state index in [2.05, 4.69) is 4.98 Å². The molecule has 1 heterocycles. The zero-order valence-electron chi connectivity index (χ0n) is 7.66. The van der Waals surface area contributed by atoms with Gasteiger partial charge in [-0.15, -0.1) is 0 Å². The molecule has 0 aliphatic heterocycles. The molecule has 3 nitrogen and oxygen atoms in total. The Kier molecular flexibility index (Phi) is 1.72. The Balaban J connectivity index is 2.75. The van der Waals surface area contributed by atoms with Gasteiger partial charge in [0.15, 0.2) is 11.5 Å². The lowest BCUT2D eigenvalue weighted by Crippen LogP contribution is -1.78. The van der Waals surface area contributed by atoms with E-state index in [1.165, 1.54) is 0 Å². The molecule has 0 spiro atoms. The maximum absolute atomic E-state index is 9.31. The summed E-state index contributed by atoms with van der Waals surface area (Å²) in [6.45, 7) is 3.89. The topological polar surface area (TPSA) is 46.3 Å². The monoisotopic (exact) mass is 177 g/mol. The summed E-state index contributed by atoms with van der Waals surface area (Å²) in [6, 6.07) is 3.28. The lowest BCUT2D eigenvalue weighted by Gasteiger charge is -1.93. The quantitative estimate of drug-likeness (QED) is 0.727. The molecular weight excluding hydrogens is 166 g/mol. The molecule has 1 aromatic carbocycles. The van der Waals surface area contributed by atoms with Crippen molar-refractivity contribution in [3.63, 3.8) is 0 Å². The number of hydrogen-bond acceptors (Lipinski definition) is 3. The van der Waals surface area contributed by atoms with Crippen molar-refractivity contribution in [3.05, 3.63) is 23.6 Å². The highest BCUT2D eigenvalue weighted by molar-refractivity contribution is 5.78. The number of hydrogen-bond donors (Lipinski definition) is 1. The molecular formula is C10H11NO2. The number of aromatic hydroxyl groups is 1. The molecule has 13 heavy (non-hydrogen) atoms. The van der Waals surface area contributed by atoms with E-state index in [0.29, 0.717) is 11.5 Å². The molecule has 0 radical (unpaired) electrons. The Morgan fingerprint density at radius 3 is 2.92 bits per heavy atom. The molecule has 2 rings (SSSR count). The Bertz CT molecular complexity index is 445. The number of aromatic nitrogens is 1. The van der Waals surface area contributed by atoms with Gasteiger partial charge in [0.1, 0.15) is 11.3 Å². The number of aryl methyl sites for hydroxylation is 2. The van der Waals surface area contributed by atoms with Gasteiger partial charge in [0.25, 0.3) is 0 Å². The van der Waals surface area contributed by atoms with E-state index in [1.54, 1.807) is 12.1 Å². The van der Waals surface area contributed by atoms with E-state index < -0.39 is 0 Å². The average Bonchev–Trinajstić information content (AvgIpc) is 2.47. The number of fused-ring (bicyclic) bond motifs is 1. The van der Waals surface area contributed by atoms with Crippen molar-refractivity contribution in [1.82, 2.24) is 4.98 Å². The Hall–Kier alpha value is -1.51. The van der Waals surface area contributed by atoms with Crippen molar-refractivity contribution >= 4 is 11.1 Å². The first kappa shape index (κ1) is 8.10. The second-order valence-corrected chi connectivity index (χ2v) is 3.07. The van der Waals surface area contributed by atoms with E-state index in [9.17, 15) is 5.11 Å². The zero-order chi connectivity index (χ0) is 9.42. The summed E-state index contributed by atoms with van der Waals surface area (Å²) in [4.78, 5) is 4.29. The first-order chi connectivity index (χ1) is 6.20. The lowest BCUT2D eigenvalue weighted by atomic mass is 10.2. The minimum absolute atomic E-state index is 0.226. The maximum Gasteiger partial charge on any atom is 0.195 e. The SMILES string of the molecule is CCc1nc2c(C)cc(O)cc2o1. The van der Waals surface area contributed by atoms with Crippen LogP contribution in [0.2, 0.25) is 0 Å². The number of rotatable bonds is 1. The minimum atomic E-state index is 0.226. The highest BCUT2D eigenvalue weighted by atomic mass is 16.3. The maximum atomic E-state index is 9.31. The van der Waals surface area contributed by atoms with Gasteiger partial charge in [-0.05, 0) is 18.6 Å². The lowest BCUT2D eigenvalue weighted by molar-refractivity contribution is 0.473. The standard InChI is InChI=1S/C10H11NO2/c1-3-9-11-10-6(2)4-7(12)5-8(10)13-9/h4-5,12H,3H2,1-2H3. The smallest absolute Gasteiger partial charge is 0.195 e. The van der Waals surface area contributed by atoms with Crippen LogP contribution in [0, 0.1) is 6.92 Å². The minimum Gasteiger partial charge on any atom is -0.508 e. The van der Waals surface area contributed by atoms with Crippen LogP contribution in [-0.2, 0) is 6.42 Å². The zero-order valence-corrected chi connectivity index (χ0v) is 7.66. The van der Waals surface area contributed by atoms with E-state index in [1.807, 2.05) is 13.8 Å². The van der Waals surface area contributed by atoms with E-state index in [4.69, 9.17) is 4.42 Å². The Morgan fingerprint density at radius 1 is 1.46 bits per heavy atom. The van der Waals surface area contributed by atoms with Crippen LogP contribution in [0.15, 0.2) is 16.5 Å².